The summed E-state index contributed by atoms with van der Waals surface area (Å²) in [5.41, 5.74) is -2.02. The maximum atomic E-state index is 12.9. The van der Waals surface area contributed by atoms with E-state index in [2.05, 4.69) is 35.6 Å². The second kappa shape index (κ2) is 10.4. The summed E-state index contributed by atoms with van der Waals surface area (Å²) in [6.45, 7) is 2.72. The molecule has 32 heavy (non-hydrogen) atoms. The summed E-state index contributed by atoms with van der Waals surface area (Å²) in [4.78, 5) is 69.0. The standard InChI is InChI=1S/C17H20ClN5O8S/c1-17(2,15(28)30-4)31-23-9(7-6-32-16(19-7)20-8(24)5-18)12(25)21-10-11(14(27)29-3)22-13(10)26/h6,10-11H,5H2,1-4H3,(H,21,25)(H,22,26)(H,19,20,24)/b23-9-/t10-,11-/m1/s1. The topological polar surface area (TPSA) is 174 Å². The average Bonchev–Trinajstić information content (AvgIpc) is 3.22. The van der Waals surface area contributed by atoms with Crippen LogP contribution in [0.5, 0.6) is 0 Å². The lowest BCUT2D eigenvalue weighted by Crippen LogP contribution is -2.72. The molecule has 1 saturated heterocycles. The van der Waals surface area contributed by atoms with Crippen molar-refractivity contribution in [3.63, 3.8) is 0 Å². The minimum atomic E-state index is -1.56. The number of nitrogens with zero attached hydrogens (tertiary/aromatic N) is 2. The quantitative estimate of drug-likeness (QED) is 0.131. The van der Waals surface area contributed by atoms with Crippen molar-refractivity contribution < 1.29 is 38.3 Å². The summed E-state index contributed by atoms with van der Waals surface area (Å²) in [6.07, 6.45) is 0. The molecule has 1 fully saturated rings. The van der Waals surface area contributed by atoms with E-state index in [0.717, 1.165) is 25.6 Å². The number of ether oxygens (including phenoxy) is 2. The fourth-order valence-corrected chi connectivity index (χ4v) is 3.08. The van der Waals surface area contributed by atoms with E-state index in [9.17, 15) is 24.0 Å². The van der Waals surface area contributed by atoms with E-state index >= 15 is 0 Å². The number of β-lactam (4-membered cyclic amide) rings is 1. The van der Waals surface area contributed by atoms with Crippen LogP contribution in [0.1, 0.15) is 19.5 Å². The molecule has 1 aromatic rings. The monoisotopic (exact) mass is 489 g/mol. The van der Waals surface area contributed by atoms with Crippen molar-refractivity contribution in [3.8, 4) is 0 Å². The molecule has 3 amide bonds. The first-order chi connectivity index (χ1) is 15.0. The third-order valence-corrected chi connectivity index (χ3v) is 5.03. The van der Waals surface area contributed by atoms with Crippen LogP contribution in [0.4, 0.5) is 5.13 Å². The van der Waals surface area contributed by atoms with Gasteiger partial charge in [0.25, 0.3) is 5.91 Å². The molecule has 1 aliphatic heterocycles. The van der Waals surface area contributed by atoms with Crippen LogP contribution >= 0.6 is 22.9 Å². The van der Waals surface area contributed by atoms with E-state index in [1.165, 1.54) is 19.2 Å². The highest BCUT2D eigenvalue weighted by atomic mass is 35.5. The molecule has 0 radical (unpaired) electrons. The Bertz CT molecular complexity index is 962. The Morgan fingerprint density at radius 3 is 2.53 bits per heavy atom. The van der Waals surface area contributed by atoms with Gasteiger partial charge in [-0.1, -0.05) is 5.16 Å². The number of hydrogen-bond donors (Lipinski definition) is 3. The number of carbonyl (C=O) groups is 5. The molecule has 0 bridgehead atoms. The second-order valence-electron chi connectivity index (χ2n) is 6.71. The number of nitrogens with one attached hydrogen (secondary N) is 3. The van der Waals surface area contributed by atoms with Gasteiger partial charge in [0.1, 0.15) is 17.6 Å². The molecule has 0 aliphatic carbocycles. The van der Waals surface area contributed by atoms with Gasteiger partial charge in [0.05, 0.1) is 14.2 Å². The minimum absolute atomic E-state index is 0.0348. The molecule has 1 aliphatic rings. The Balaban J connectivity index is 2.31. The largest absolute Gasteiger partial charge is 0.467 e. The Morgan fingerprint density at radius 2 is 1.97 bits per heavy atom. The third-order valence-electron chi connectivity index (χ3n) is 4.03. The first-order valence-electron chi connectivity index (χ1n) is 8.89. The molecular formula is C17H20ClN5O8S. The van der Waals surface area contributed by atoms with Gasteiger partial charge in [-0.2, -0.15) is 0 Å². The number of thiazole rings is 1. The maximum absolute atomic E-state index is 12.9. The van der Waals surface area contributed by atoms with Crippen molar-refractivity contribution in [2.24, 2.45) is 5.16 Å². The van der Waals surface area contributed by atoms with Crippen LogP contribution in [-0.4, -0.2) is 78.1 Å². The van der Waals surface area contributed by atoms with Crippen LogP contribution in [-0.2, 0) is 38.3 Å². The van der Waals surface area contributed by atoms with E-state index in [-0.39, 0.29) is 16.7 Å². The Morgan fingerprint density at radius 1 is 1.28 bits per heavy atom. The molecule has 2 rings (SSSR count). The van der Waals surface area contributed by atoms with Crippen molar-refractivity contribution >= 4 is 63.4 Å². The summed E-state index contributed by atoms with van der Waals surface area (Å²) < 4.78 is 9.19. The summed E-state index contributed by atoms with van der Waals surface area (Å²) in [6, 6.07) is -2.30. The van der Waals surface area contributed by atoms with Crippen LogP contribution in [0.2, 0.25) is 0 Å². The highest BCUT2D eigenvalue weighted by Gasteiger charge is 2.46. The number of methoxy groups -OCH3 is 2. The third kappa shape index (κ3) is 5.70. The van der Waals surface area contributed by atoms with Crippen molar-refractivity contribution in [2.45, 2.75) is 31.5 Å². The van der Waals surface area contributed by atoms with Crippen LogP contribution in [0.3, 0.4) is 0 Å². The van der Waals surface area contributed by atoms with Gasteiger partial charge in [-0.15, -0.1) is 22.9 Å². The molecule has 0 spiro atoms. The predicted octanol–water partition coefficient (Wildman–Crippen LogP) is -0.851. The van der Waals surface area contributed by atoms with E-state index in [1.54, 1.807) is 0 Å². The fourth-order valence-electron chi connectivity index (χ4n) is 2.30. The normalized spacial score (nSPS) is 18.0. The fraction of sp³-hybridized carbons (Fsp3) is 0.471. The molecule has 0 unspecified atom stereocenters. The summed E-state index contributed by atoms with van der Waals surface area (Å²) in [7, 11) is 2.28. The van der Waals surface area contributed by atoms with E-state index < -0.39 is 53.1 Å². The number of carbonyl (C=O) groups excluding carboxylic acids is 5. The van der Waals surface area contributed by atoms with Crippen LogP contribution < -0.4 is 16.0 Å². The number of alkyl halides is 1. The number of amides is 3. The zero-order valence-electron chi connectivity index (χ0n) is 17.4. The van der Waals surface area contributed by atoms with Crippen LogP contribution in [0.15, 0.2) is 10.5 Å². The zero-order chi connectivity index (χ0) is 24.1. The zero-order valence-corrected chi connectivity index (χ0v) is 19.0. The Hall–Kier alpha value is -3.26. The molecule has 2 atom stereocenters. The number of halogens is 1. The van der Waals surface area contributed by atoms with Gasteiger partial charge in [-0.05, 0) is 13.8 Å². The van der Waals surface area contributed by atoms with Crippen molar-refractivity contribution in [1.29, 1.82) is 0 Å². The highest BCUT2D eigenvalue weighted by molar-refractivity contribution is 7.14. The summed E-state index contributed by atoms with van der Waals surface area (Å²) in [5.74, 6) is -3.89. The number of esters is 2. The highest BCUT2D eigenvalue weighted by Crippen LogP contribution is 2.19. The molecule has 174 valence electrons. The summed E-state index contributed by atoms with van der Waals surface area (Å²) in [5, 5.41) is 12.3. The molecule has 3 N–H and O–H groups in total. The minimum Gasteiger partial charge on any atom is -0.467 e. The number of anilines is 1. The van der Waals surface area contributed by atoms with Crippen LogP contribution in [0, 0.1) is 0 Å². The predicted molar refractivity (Wildman–Crippen MR) is 111 cm³/mol. The lowest BCUT2D eigenvalue weighted by molar-refractivity contribution is -0.165. The molecule has 1 aromatic heterocycles. The number of oxime groups is 1. The summed E-state index contributed by atoms with van der Waals surface area (Å²) >= 11 is 6.42. The Labute approximate surface area is 190 Å². The lowest BCUT2D eigenvalue weighted by Gasteiger charge is -2.34. The molecule has 0 saturated carbocycles. The van der Waals surface area contributed by atoms with E-state index in [1.807, 2.05) is 0 Å². The molecule has 0 aromatic carbocycles. The SMILES string of the molecule is COC(=O)[C@@H]1NC(=O)[C@@H]1NC(=O)/C(=N\OC(C)(C)C(=O)OC)c1csc(NC(=O)CCl)n1. The Kier molecular flexibility index (Phi) is 8.10. The number of aromatic nitrogens is 1. The maximum Gasteiger partial charge on any atom is 0.352 e. The lowest BCUT2D eigenvalue weighted by atomic mass is 9.99. The van der Waals surface area contributed by atoms with Gasteiger partial charge in [-0.3, -0.25) is 14.4 Å². The van der Waals surface area contributed by atoms with E-state index in [4.69, 9.17) is 16.4 Å². The smallest absolute Gasteiger partial charge is 0.352 e. The van der Waals surface area contributed by atoms with Gasteiger partial charge in [0.15, 0.2) is 16.9 Å². The van der Waals surface area contributed by atoms with Crippen molar-refractivity contribution in [3.05, 3.63) is 11.1 Å². The first kappa shape index (κ1) is 25.0. The molecular weight excluding hydrogens is 470 g/mol. The number of rotatable bonds is 9. The van der Waals surface area contributed by atoms with Gasteiger partial charge >= 0.3 is 11.9 Å². The van der Waals surface area contributed by atoms with E-state index in [0.29, 0.717) is 0 Å². The van der Waals surface area contributed by atoms with Gasteiger partial charge < -0.3 is 30.3 Å². The molecule has 15 heteroatoms. The first-order valence-corrected chi connectivity index (χ1v) is 10.3. The van der Waals surface area contributed by atoms with Gasteiger partial charge in [0, 0.05) is 5.38 Å². The van der Waals surface area contributed by atoms with Crippen molar-refractivity contribution in [2.75, 3.05) is 25.4 Å². The van der Waals surface area contributed by atoms with Gasteiger partial charge in [-0.25, -0.2) is 14.6 Å². The van der Waals surface area contributed by atoms with Gasteiger partial charge in [0.2, 0.25) is 17.4 Å². The molecule has 2 heterocycles. The van der Waals surface area contributed by atoms with Crippen LogP contribution in [0.25, 0.3) is 0 Å². The average molecular weight is 490 g/mol. The molecule has 13 nitrogen and oxygen atoms in total. The number of hydrogen-bond acceptors (Lipinski definition) is 11. The van der Waals surface area contributed by atoms with Crippen molar-refractivity contribution in [1.82, 2.24) is 15.6 Å². The second-order valence-corrected chi connectivity index (χ2v) is 7.84.